The zero-order chi connectivity index (χ0) is 16.8. The van der Waals surface area contributed by atoms with E-state index in [4.69, 9.17) is 14.4 Å². The number of aliphatic carboxylic acids is 1. The first kappa shape index (κ1) is 16.7. The van der Waals surface area contributed by atoms with Crippen molar-refractivity contribution >= 4 is 11.9 Å². The van der Waals surface area contributed by atoms with Crippen LogP contribution in [0.3, 0.4) is 0 Å². The smallest absolute Gasteiger partial charge is 0.323 e. The maximum Gasteiger partial charge on any atom is 0.323 e. The molecule has 1 amide bonds. The fourth-order valence-corrected chi connectivity index (χ4v) is 1.98. The van der Waals surface area contributed by atoms with Crippen molar-refractivity contribution in [1.82, 2.24) is 19.8 Å². The number of hydrogen-bond acceptors (Lipinski definition) is 6. The highest BCUT2D eigenvalue weighted by molar-refractivity contribution is 5.94. The van der Waals surface area contributed by atoms with Crippen molar-refractivity contribution in [3.63, 3.8) is 0 Å². The van der Waals surface area contributed by atoms with Crippen molar-refractivity contribution in [3.05, 3.63) is 35.5 Å². The van der Waals surface area contributed by atoms with Crippen LogP contribution in [-0.2, 0) is 16.1 Å². The number of aromatic nitrogens is 3. The summed E-state index contributed by atoms with van der Waals surface area (Å²) >= 11 is 0. The molecule has 0 bridgehead atoms. The Bertz CT molecular complexity index is 678. The predicted molar refractivity (Wildman–Crippen MR) is 78.0 cm³/mol. The Kier molecular flexibility index (Phi) is 5.47. The number of methoxy groups -OCH3 is 1. The highest BCUT2D eigenvalue weighted by Gasteiger charge is 2.22. The number of carboxylic acid groups (broad SMARTS) is 1. The summed E-state index contributed by atoms with van der Waals surface area (Å²) in [6.07, 6.45) is 3.54. The minimum Gasteiger partial charge on any atom is -0.480 e. The number of nitrogens with zero attached hydrogens (tertiary/aromatic N) is 4. The molecule has 0 fully saturated rings. The van der Waals surface area contributed by atoms with Gasteiger partial charge in [-0.2, -0.15) is 5.10 Å². The molecule has 0 aliphatic carbocycles. The summed E-state index contributed by atoms with van der Waals surface area (Å²) in [7, 11) is 1.48. The molecule has 2 heterocycles. The van der Waals surface area contributed by atoms with E-state index in [1.165, 1.54) is 13.2 Å². The highest BCUT2D eigenvalue weighted by Crippen LogP contribution is 2.09. The van der Waals surface area contributed by atoms with Crippen LogP contribution in [0.5, 0.6) is 0 Å². The van der Waals surface area contributed by atoms with Gasteiger partial charge in [0.25, 0.3) is 5.91 Å². The summed E-state index contributed by atoms with van der Waals surface area (Å²) in [5.74, 6) is -1.17. The van der Waals surface area contributed by atoms with Gasteiger partial charge in [0, 0.05) is 25.9 Å². The largest absolute Gasteiger partial charge is 0.480 e. The van der Waals surface area contributed by atoms with Crippen LogP contribution in [0.1, 0.15) is 21.8 Å². The van der Waals surface area contributed by atoms with E-state index in [1.807, 2.05) is 13.1 Å². The molecular formula is C14H18N4O5. The lowest BCUT2D eigenvalue weighted by atomic mass is 10.3. The van der Waals surface area contributed by atoms with Gasteiger partial charge in [-0.3, -0.25) is 14.3 Å². The molecule has 0 atom stereocenters. The lowest BCUT2D eigenvalue weighted by molar-refractivity contribution is -0.137. The number of carbonyl (C=O) groups is 2. The number of amides is 1. The molecule has 0 aliphatic heterocycles. The fraction of sp³-hybridized carbons (Fsp3) is 0.429. The molecule has 0 radical (unpaired) electrons. The number of carbonyl (C=O) groups excluding carboxylic acids is 1. The second kappa shape index (κ2) is 7.54. The lowest BCUT2D eigenvalue weighted by Crippen LogP contribution is -2.38. The molecule has 0 aliphatic rings. The topological polar surface area (TPSA) is 111 Å². The summed E-state index contributed by atoms with van der Waals surface area (Å²) in [6, 6.07) is 1.49. The van der Waals surface area contributed by atoms with Crippen LogP contribution in [0.15, 0.2) is 23.0 Å². The Morgan fingerprint density at radius 1 is 1.48 bits per heavy atom. The standard InChI is InChI=1S/C14H18N4O5/c1-10-6-15-18(7-10)8-11-5-12(16-23-11)14(21)17(3-4-22-2)9-13(19)20/h5-7H,3-4,8-9H2,1-2H3,(H,19,20). The zero-order valence-corrected chi connectivity index (χ0v) is 12.9. The number of carboxylic acids is 1. The Morgan fingerprint density at radius 3 is 2.87 bits per heavy atom. The zero-order valence-electron chi connectivity index (χ0n) is 12.9. The molecule has 1 N–H and O–H groups in total. The van der Waals surface area contributed by atoms with E-state index in [2.05, 4.69) is 10.3 Å². The third kappa shape index (κ3) is 4.65. The van der Waals surface area contributed by atoms with Gasteiger partial charge < -0.3 is 19.3 Å². The second-order valence-corrected chi connectivity index (χ2v) is 5.01. The average molecular weight is 322 g/mol. The van der Waals surface area contributed by atoms with Crippen LogP contribution in [0.4, 0.5) is 0 Å². The van der Waals surface area contributed by atoms with Gasteiger partial charge >= 0.3 is 5.97 Å². The fourth-order valence-electron chi connectivity index (χ4n) is 1.98. The first-order chi connectivity index (χ1) is 11.0. The van der Waals surface area contributed by atoms with E-state index >= 15 is 0 Å². The molecule has 0 spiro atoms. The SMILES string of the molecule is COCCN(CC(=O)O)C(=O)c1cc(Cn2cc(C)cn2)on1. The molecule has 0 saturated carbocycles. The summed E-state index contributed by atoms with van der Waals surface area (Å²) in [6.45, 7) is 2.21. The molecular weight excluding hydrogens is 304 g/mol. The molecule has 23 heavy (non-hydrogen) atoms. The Balaban J connectivity index is 2.06. The third-order valence-electron chi connectivity index (χ3n) is 3.04. The van der Waals surface area contributed by atoms with Crippen molar-refractivity contribution in [1.29, 1.82) is 0 Å². The van der Waals surface area contributed by atoms with E-state index in [0.29, 0.717) is 12.3 Å². The molecule has 0 saturated heterocycles. The van der Waals surface area contributed by atoms with Gasteiger partial charge in [-0.05, 0) is 12.5 Å². The summed E-state index contributed by atoms with van der Waals surface area (Å²) in [5.41, 5.74) is 1.06. The maximum absolute atomic E-state index is 12.3. The van der Waals surface area contributed by atoms with E-state index < -0.39 is 18.4 Å². The molecule has 2 aromatic rings. The first-order valence-electron chi connectivity index (χ1n) is 6.94. The van der Waals surface area contributed by atoms with Gasteiger partial charge in [-0.25, -0.2) is 0 Å². The van der Waals surface area contributed by atoms with Gasteiger partial charge in [-0.15, -0.1) is 0 Å². The van der Waals surface area contributed by atoms with Crippen LogP contribution in [0, 0.1) is 6.92 Å². The van der Waals surface area contributed by atoms with Crippen molar-refractivity contribution in [3.8, 4) is 0 Å². The van der Waals surface area contributed by atoms with Crippen LogP contribution < -0.4 is 0 Å². The van der Waals surface area contributed by atoms with Crippen LogP contribution in [0.25, 0.3) is 0 Å². The Labute approximate surface area is 132 Å². The molecule has 0 unspecified atom stereocenters. The van der Waals surface area contributed by atoms with Gasteiger partial charge in [-0.1, -0.05) is 5.16 Å². The Hall–Kier alpha value is -2.68. The van der Waals surface area contributed by atoms with Crippen LogP contribution >= 0.6 is 0 Å². The quantitative estimate of drug-likeness (QED) is 0.749. The van der Waals surface area contributed by atoms with Crippen LogP contribution in [0.2, 0.25) is 0 Å². The van der Waals surface area contributed by atoms with Gasteiger partial charge in [0.15, 0.2) is 11.5 Å². The number of aryl methyl sites for hydroxylation is 1. The molecule has 124 valence electrons. The summed E-state index contributed by atoms with van der Waals surface area (Å²) < 4.78 is 11.7. The van der Waals surface area contributed by atoms with Gasteiger partial charge in [0.2, 0.25) is 0 Å². The maximum atomic E-state index is 12.3. The van der Waals surface area contributed by atoms with E-state index in [-0.39, 0.29) is 18.8 Å². The predicted octanol–water partition coefficient (Wildman–Crippen LogP) is 0.401. The second-order valence-electron chi connectivity index (χ2n) is 5.01. The minimum absolute atomic E-state index is 0.0567. The third-order valence-corrected chi connectivity index (χ3v) is 3.04. The van der Waals surface area contributed by atoms with Crippen molar-refractivity contribution in [2.45, 2.75) is 13.5 Å². The lowest BCUT2D eigenvalue weighted by Gasteiger charge is -2.18. The molecule has 2 aromatic heterocycles. The van der Waals surface area contributed by atoms with Gasteiger partial charge in [0.1, 0.15) is 13.1 Å². The normalized spacial score (nSPS) is 10.7. The van der Waals surface area contributed by atoms with Gasteiger partial charge in [0.05, 0.1) is 12.8 Å². The molecule has 9 heteroatoms. The van der Waals surface area contributed by atoms with Crippen molar-refractivity contribution in [2.24, 2.45) is 0 Å². The van der Waals surface area contributed by atoms with E-state index in [0.717, 1.165) is 10.5 Å². The number of hydrogen-bond donors (Lipinski definition) is 1. The van der Waals surface area contributed by atoms with Crippen molar-refractivity contribution < 1.29 is 24.0 Å². The van der Waals surface area contributed by atoms with E-state index in [1.54, 1.807) is 10.9 Å². The number of ether oxygens (including phenoxy) is 1. The minimum atomic E-state index is -1.11. The van der Waals surface area contributed by atoms with Crippen LogP contribution in [-0.4, -0.2) is 63.6 Å². The number of rotatable bonds is 8. The Morgan fingerprint density at radius 2 is 2.26 bits per heavy atom. The summed E-state index contributed by atoms with van der Waals surface area (Å²) in [5, 5.41) is 16.7. The average Bonchev–Trinajstić information content (AvgIpc) is 3.12. The first-order valence-corrected chi connectivity index (χ1v) is 6.94. The molecule has 2 rings (SSSR count). The van der Waals surface area contributed by atoms with Crippen molar-refractivity contribution in [2.75, 3.05) is 26.8 Å². The van der Waals surface area contributed by atoms with E-state index in [9.17, 15) is 9.59 Å². The molecule has 9 nitrogen and oxygen atoms in total. The monoisotopic (exact) mass is 322 g/mol. The molecule has 0 aromatic carbocycles. The highest BCUT2D eigenvalue weighted by atomic mass is 16.5. The summed E-state index contributed by atoms with van der Waals surface area (Å²) in [4.78, 5) is 24.3.